The summed E-state index contributed by atoms with van der Waals surface area (Å²) in [6.07, 6.45) is 0.887. The van der Waals surface area contributed by atoms with Crippen molar-refractivity contribution >= 4 is 21.8 Å². The molecule has 4 heteroatoms. The van der Waals surface area contributed by atoms with Crippen LogP contribution in [0.25, 0.3) is 38.6 Å². The second kappa shape index (κ2) is 10.5. The van der Waals surface area contributed by atoms with Crippen molar-refractivity contribution in [3.05, 3.63) is 95.1 Å². The maximum atomic E-state index is 14.6. The van der Waals surface area contributed by atoms with Crippen LogP contribution in [-0.4, -0.2) is 9.67 Å². The van der Waals surface area contributed by atoms with Gasteiger partial charge in [0.2, 0.25) is 0 Å². The van der Waals surface area contributed by atoms with Gasteiger partial charge in [0.25, 0.3) is 0 Å². The minimum Gasteiger partial charge on any atom is -0.505 e. The molecule has 232 valence electrons. The molecule has 0 atom stereocenters. The number of rotatable bonds is 4. The first-order valence-electron chi connectivity index (χ1n) is 15.6. The number of hydrogen-bond acceptors (Lipinski definition) is 1. The Kier molecular flexibility index (Phi) is 7.55. The lowest BCUT2D eigenvalue weighted by molar-refractivity contribution is 0.284. The summed E-state index contributed by atoms with van der Waals surface area (Å²) in [5, 5.41) is 14.3. The average Bonchev–Trinajstić information content (AvgIpc) is 3.21. The Bertz CT molecular complexity index is 1820. The van der Waals surface area contributed by atoms with E-state index in [4.69, 9.17) is 0 Å². The highest BCUT2D eigenvalue weighted by Crippen LogP contribution is 2.46. The number of aromatic hydroxyl groups is 1. The first-order chi connectivity index (χ1) is 20.2. The highest BCUT2D eigenvalue weighted by atomic mass is 19.2. The van der Waals surface area contributed by atoms with E-state index in [2.05, 4.69) is 123 Å². The van der Waals surface area contributed by atoms with E-state index in [-0.39, 0.29) is 27.4 Å². The SMILES string of the molecule is CC(C)(C)CC(C)(C)c1cc(-c2ccc(F)c(F)c2)c(O)c(-n2c3ccc(C(C)(C)C)cc3c3cc(C(C)(C)C)ccc32)c1. The normalized spacial score (nSPS) is 13.3. The van der Waals surface area contributed by atoms with Gasteiger partial charge in [-0.05, 0) is 98.9 Å². The Morgan fingerprint density at radius 2 is 1.11 bits per heavy atom. The molecule has 0 bridgehead atoms. The molecule has 4 aromatic carbocycles. The van der Waals surface area contributed by atoms with Gasteiger partial charge in [-0.2, -0.15) is 0 Å². The van der Waals surface area contributed by atoms with Crippen molar-refractivity contribution in [2.75, 3.05) is 0 Å². The van der Waals surface area contributed by atoms with Crippen molar-refractivity contribution in [3.63, 3.8) is 0 Å². The molecule has 1 heterocycles. The third kappa shape index (κ3) is 5.88. The molecule has 0 saturated carbocycles. The zero-order valence-corrected chi connectivity index (χ0v) is 28.2. The van der Waals surface area contributed by atoms with Crippen molar-refractivity contribution in [2.24, 2.45) is 5.41 Å². The Labute approximate surface area is 261 Å². The van der Waals surface area contributed by atoms with E-state index in [0.717, 1.165) is 39.9 Å². The molecule has 0 unspecified atom stereocenters. The lowest BCUT2D eigenvalue weighted by Gasteiger charge is -2.34. The van der Waals surface area contributed by atoms with Crippen LogP contribution in [0.4, 0.5) is 8.78 Å². The number of hydrogen-bond donors (Lipinski definition) is 1. The number of phenols is 1. The Morgan fingerprint density at radius 3 is 1.57 bits per heavy atom. The molecule has 5 rings (SSSR count). The smallest absolute Gasteiger partial charge is 0.159 e. The van der Waals surface area contributed by atoms with Crippen LogP contribution in [0.1, 0.15) is 99.3 Å². The molecular weight excluding hydrogens is 548 g/mol. The van der Waals surface area contributed by atoms with Crippen LogP contribution in [0.5, 0.6) is 5.75 Å². The van der Waals surface area contributed by atoms with Gasteiger partial charge >= 0.3 is 0 Å². The first-order valence-corrected chi connectivity index (χ1v) is 15.6. The van der Waals surface area contributed by atoms with Gasteiger partial charge in [0.15, 0.2) is 11.6 Å². The van der Waals surface area contributed by atoms with E-state index in [1.165, 1.54) is 23.3 Å². The van der Waals surface area contributed by atoms with Crippen molar-refractivity contribution in [1.29, 1.82) is 0 Å². The standard InChI is InChI=1S/C40H47F2NO/c1-37(2,3)23-40(10,11)27-21-28(24-12-15-31(41)32(42)18-24)36(44)35(22-27)43-33-16-13-25(38(4,5)6)19-29(33)30-20-26(39(7,8)9)14-17-34(30)43/h12-22,44H,23H2,1-11H3. The minimum absolute atomic E-state index is 0.0323. The summed E-state index contributed by atoms with van der Waals surface area (Å²) < 4.78 is 30.7. The Balaban J connectivity index is 1.92. The summed E-state index contributed by atoms with van der Waals surface area (Å²) in [6, 6.07) is 21.1. The highest BCUT2D eigenvalue weighted by molar-refractivity contribution is 6.10. The maximum Gasteiger partial charge on any atom is 0.159 e. The van der Waals surface area contributed by atoms with E-state index in [1.807, 2.05) is 6.07 Å². The molecule has 0 fully saturated rings. The van der Waals surface area contributed by atoms with Crippen molar-refractivity contribution in [3.8, 4) is 22.6 Å². The fraction of sp³-hybridized carbons (Fsp3) is 0.400. The Morgan fingerprint density at radius 1 is 0.591 bits per heavy atom. The topological polar surface area (TPSA) is 25.2 Å². The number of aromatic nitrogens is 1. The van der Waals surface area contributed by atoms with Gasteiger partial charge in [-0.1, -0.05) is 94.4 Å². The molecule has 0 amide bonds. The summed E-state index contributed by atoms with van der Waals surface area (Å²) in [7, 11) is 0. The fourth-order valence-electron chi connectivity index (χ4n) is 6.71. The molecule has 0 radical (unpaired) electrons. The quantitative estimate of drug-likeness (QED) is 0.220. The van der Waals surface area contributed by atoms with Crippen LogP contribution in [0.2, 0.25) is 0 Å². The summed E-state index contributed by atoms with van der Waals surface area (Å²) in [5.41, 5.74) is 6.68. The van der Waals surface area contributed by atoms with Gasteiger partial charge in [-0.15, -0.1) is 0 Å². The second-order valence-corrected chi connectivity index (χ2v) is 16.4. The van der Waals surface area contributed by atoms with E-state index in [1.54, 1.807) is 0 Å². The number of nitrogens with zero attached hydrogens (tertiary/aromatic N) is 1. The highest BCUT2D eigenvalue weighted by Gasteiger charge is 2.30. The van der Waals surface area contributed by atoms with Crippen LogP contribution in [0.3, 0.4) is 0 Å². The molecule has 0 saturated heterocycles. The van der Waals surface area contributed by atoms with E-state index in [0.29, 0.717) is 16.8 Å². The third-order valence-corrected chi connectivity index (χ3v) is 8.81. The van der Waals surface area contributed by atoms with E-state index < -0.39 is 11.6 Å². The van der Waals surface area contributed by atoms with Crippen LogP contribution in [0, 0.1) is 17.0 Å². The maximum absolute atomic E-state index is 14.6. The fourth-order valence-corrected chi connectivity index (χ4v) is 6.71. The molecule has 1 N–H and O–H groups in total. The molecule has 1 aromatic heterocycles. The molecule has 0 spiro atoms. The molecule has 0 aliphatic carbocycles. The van der Waals surface area contributed by atoms with E-state index >= 15 is 0 Å². The molecular formula is C40H47F2NO. The number of phenolic OH excluding ortho intramolecular Hbond substituents is 1. The van der Waals surface area contributed by atoms with Crippen LogP contribution in [-0.2, 0) is 16.2 Å². The average molecular weight is 596 g/mol. The third-order valence-electron chi connectivity index (χ3n) is 8.81. The predicted molar refractivity (Wildman–Crippen MR) is 182 cm³/mol. The summed E-state index contributed by atoms with van der Waals surface area (Å²) in [6.45, 7) is 24.4. The van der Waals surface area contributed by atoms with Gasteiger partial charge in [0, 0.05) is 16.3 Å². The zero-order valence-electron chi connectivity index (χ0n) is 28.2. The second-order valence-electron chi connectivity index (χ2n) is 16.4. The van der Waals surface area contributed by atoms with Crippen molar-refractivity contribution in [2.45, 2.75) is 98.8 Å². The summed E-state index contributed by atoms with van der Waals surface area (Å²) >= 11 is 0. The molecule has 44 heavy (non-hydrogen) atoms. The lowest BCUT2D eigenvalue weighted by atomic mass is 9.71. The molecule has 5 aromatic rings. The molecule has 0 aliphatic heterocycles. The zero-order chi connectivity index (χ0) is 32.6. The van der Waals surface area contributed by atoms with Crippen molar-refractivity contribution < 1.29 is 13.9 Å². The van der Waals surface area contributed by atoms with E-state index in [9.17, 15) is 13.9 Å². The number of benzene rings is 4. The van der Waals surface area contributed by atoms with Crippen LogP contribution < -0.4 is 0 Å². The first kappa shape index (κ1) is 31.8. The number of halogens is 2. The van der Waals surface area contributed by atoms with Gasteiger partial charge in [-0.3, -0.25) is 0 Å². The largest absolute Gasteiger partial charge is 0.505 e. The van der Waals surface area contributed by atoms with Gasteiger partial charge in [-0.25, -0.2) is 8.78 Å². The number of fused-ring (bicyclic) bond motifs is 3. The van der Waals surface area contributed by atoms with Crippen LogP contribution >= 0.6 is 0 Å². The van der Waals surface area contributed by atoms with Gasteiger partial charge < -0.3 is 9.67 Å². The summed E-state index contributed by atoms with van der Waals surface area (Å²) in [4.78, 5) is 0. The minimum atomic E-state index is -0.941. The monoisotopic (exact) mass is 595 g/mol. The molecule has 0 aliphatic rings. The van der Waals surface area contributed by atoms with Crippen LogP contribution in [0.15, 0.2) is 66.7 Å². The Hall–Kier alpha value is -3.66. The predicted octanol–water partition coefficient (Wildman–Crippen LogP) is 11.7. The van der Waals surface area contributed by atoms with Gasteiger partial charge in [0.05, 0.1) is 16.7 Å². The summed E-state index contributed by atoms with van der Waals surface area (Å²) in [5.74, 6) is -1.82. The van der Waals surface area contributed by atoms with Gasteiger partial charge in [0.1, 0.15) is 5.75 Å². The lowest BCUT2D eigenvalue weighted by Crippen LogP contribution is -2.25. The van der Waals surface area contributed by atoms with Crippen molar-refractivity contribution in [1.82, 2.24) is 4.57 Å². The molecule has 2 nitrogen and oxygen atoms in total.